The Kier molecular flexibility index (Phi) is 14.4. The maximum absolute atomic E-state index is 10.8. The lowest BCUT2D eigenvalue weighted by molar-refractivity contribution is -0.142. The number of ether oxygens (including phenoxy) is 1. The van der Waals surface area contributed by atoms with Gasteiger partial charge in [0.2, 0.25) is 0 Å². The molecule has 0 rings (SSSR count). The van der Waals surface area contributed by atoms with Gasteiger partial charge in [-0.3, -0.25) is 9.59 Å². The van der Waals surface area contributed by atoms with Crippen LogP contribution in [0.15, 0.2) is 0 Å². The molecule has 0 aliphatic heterocycles. The molecule has 0 saturated heterocycles. The van der Waals surface area contributed by atoms with E-state index in [1.807, 2.05) is 6.92 Å². The molecule has 0 aromatic carbocycles. The molecule has 1 N–H and O–H groups in total. The number of hydrogen-bond acceptors (Lipinski definition) is 3. The van der Waals surface area contributed by atoms with Gasteiger partial charge in [-0.05, 0) is 30.1 Å². The van der Waals surface area contributed by atoms with Gasteiger partial charge in [-0.15, -0.1) is 0 Å². The zero-order chi connectivity index (χ0) is 19.9. The molecule has 0 radical (unpaired) electrons. The monoisotopic (exact) mass is 370 g/mol. The second kappa shape index (κ2) is 15.0. The van der Waals surface area contributed by atoms with Crippen molar-refractivity contribution in [2.24, 2.45) is 23.7 Å². The third-order valence-electron chi connectivity index (χ3n) is 5.28. The smallest absolute Gasteiger partial charge is 0.303 e. The zero-order valence-corrected chi connectivity index (χ0v) is 17.8. The first kappa shape index (κ1) is 24.9. The van der Waals surface area contributed by atoms with Crippen LogP contribution in [0.5, 0.6) is 0 Å². The van der Waals surface area contributed by atoms with Crippen LogP contribution < -0.4 is 0 Å². The van der Waals surface area contributed by atoms with E-state index in [1.165, 1.54) is 45.4 Å². The van der Waals surface area contributed by atoms with Crippen LogP contribution >= 0.6 is 0 Å². The minimum absolute atomic E-state index is 0.185. The molecule has 4 atom stereocenters. The Labute approximate surface area is 161 Å². The molecule has 0 spiro atoms. The number of carbonyl (C=O) groups is 2. The van der Waals surface area contributed by atoms with Crippen LogP contribution in [-0.2, 0) is 14.3 Å². The maximum Gasteiger partial charge on any atom is 0.303 e. The van der Waals surface area contributed by atoms with E-state index in [0.29, 0.717) is 24.9 Å². The van der Waals surface area contributed by atoms with Gasteiger partial charge in [0.05, 0.1) is 6.61 Å². The first-order valence-corrected chi connectivity index (χ1v) is 10.6. The second-order valence-electron chi connectivity index (χ2n) is 8.61. The topological polar surface area (TPSA) is 63.6 Å². The lowest BCUT2D eigenvalue weighted by Crippen LogP contribution is -2.09. The van der Waals surface area contributed by atoms with Gasteiger partial charge in [0.1, 0.15) is 0 Å². The van der Waals surface area contributed by atoms with Crippen LogP contribution in [0.25, 0.3) is 0 Å². The molecule has 0 fully saturated rings. The van der Waals surface area contributed by atoms with Crippen LogP contribution in [0.4, 0.5) is 0 Å². The summed E-state index contributed by atoms with van der Waals surface area (Å²) in [5, 5.41) is 8.78. The predicted octanol–water partition coefficient (Wildman–Crippen LogP) is 6.08. The van der Waals surface area contributed by atoms with E-state index in [1.54, 1.807) is 0 Å². The fourth-order valence-electron chi connectivity index (χ4n) is 3.48. The molecule has 26 heavy (non-hydrogen) atoms. The highest BCUT2D eigenvalue weighted by Gasteiger charge is 2.10. The van der Waals surface area contributed by atoms with E-state index in [9.17, 15) is 9.59 Å². The Bertz CT molecular complexity index is 380. The molecular formula is C22H42O4. The summed E-state index contributed by atoms with van der Waals surface area (Å²) >= 11 is 0. The summed E-state index contributed by atoms with van der Waals surface area (Å²) in [6.45, 7) is 10.9. The van der Waals surface area contributed by atoms with Crippen LogP contribution in [0, 0.1) is 23.7 Å². The van der Waals surface area contributed by atoms with Crippen molar-refractivity contribution in [2.45, 2.75) is 98.8 Å². The zero-order valence-electron chi connectivity index (χ0n) is 17.8. The molecule has 0 aliphatic carbocycles. The highest BCUT2D eigenvalue weighted by Crippen LogP contribution is 2.22. The van der Waals surface area contributed by atoms with Crippen LogP contribution in [-0.4, -0.2) is 23.7 Å². The number of rotatable bonds is 16. The molecule has 154 valence electrons. The Hall–Kier alpha value is -1.06. The summed E-state index contributed by atoms with van der Waals surface area (Å²) in [7, 11) is 0. The SMILES string of the molecule is CC(=O)OC[C@H](C)CCC[C@H](C)CCC[C@H](C)CCC[C@H](C)CC(=O)O. The number of carbonyl (C=O) groups excluding carboxylic acids is 1. The standard InChI is InChI=1S/C22H42O4/c1-17(11-7-13-19(3)15-22(24)25)9-6-10-18(2)12-8-14-20(4)16-26-21(5)23/h17-20H,6-16H2,1-5H3,(H,24,25)/t17-,18+,19-,20+/m0/s1. The van der Waals surface area contributed by atoms with Crippen molar-refractivity contribution in [3.8, 4) is 0 Å². The average Bonchev–Trinajstić information content (AvgIpc) is 2.52. The lowest BCUT2D eigenvalue weighted by Gasteiger charge is -2.16. The summed E-state index contributed by atoms with van der Waals surface area (Å²) in [6, 6.07) is 0. The Balaban J connectivity index is 3.60. The molecular weight excluding hydrogens is 328 g/mol. The first-order valence-electron chi connectivity index (χ1n) is 10.6. The van der Waals surface area contributed by atoms with Gasteiger partial charge in [-0.2, -0.15) is 0 Å². The van der Waals surface area contributed by atoms with Crippen LogP contribution in [0.2, 0.25) is 0 Å². The summed E-state index contributed by atoms with van der Waals surface area (Å²) in [4.78, 5) is 21.5. The molecule has 0 bridgehead atoms. The van der Waals surface area contributed by atoms with Crippen molar-refractivity contribution in [1.82, 2.24) is 0 Å². The molecule has 0 aliphatic rings. The largest absolute Gasteiger partial charge is 0.481 e. The minimum Gasteiger partial charge on any atom is -0.481 e. The molecule has 4 nitrogen and oxygen atoms in total. The summed E-state index contributed by atoms with van der Waals surface area (Å²) < 4.78 is 5.05. The number of aliphatic carboxylic acids is 1. The quantitative estimate of drug-likeness (QED) is 0.334. The van der Waals surface area contributed by atoms with E-state index in [4.69, 9.17) is 9.84 Å². The van der Waals surface area contributed by atoms with E-state index in [-0.39, 0.29) is 5.97 Å². The molecule has 0 unspecified atom stereocenters. The van der Waals surface area contributed by atoms with Crippen molar-refractivity contribution >= 4 is 11.9 Å². The first-order chi connectivity index (χ1) is 12.2. The summed E-state index contributed by atoms with van der Waals surface area (Å²) in [6.07, 6.45) is 11.1. The van der Waals surface area contributed by atoms with Gasteiger partial charge in [0.15, 0.2) is 0 Å². The molecule has 4 heteroatoms. The van der Waals surface area contributed by atoms with E-state index >= 15 is 0 Å². The van der Waals surface area contributed by atoms with E-state index < -0.39 is 5.97 Å². The van der Waals surface area contributed by atoms with Gasteiger partial charge in [0, 0.05) is 13.3 Å². The Morgan fingerprint density at radius 2 is 1.12 bits per heavy atom. The third kappa shape index (κ3) is 16.4. The van der Waals surface area contributed by atoms with Gasteiger partial charge in [0.25, 0.3) is 0 Å². The highest BCUT2D eigenvalue weighted by molar-refractivity contribution is 5.66. The molecule has 0 amide bonds. The molecule has 0 heterocycles. The maximum atomic E-state index is 10.8. The number of carboxylic acids is 1. The van der Waals surface area contributed by atoms with Crippen molar-refractivity contribution in [3.05, 3.63) is 0 Å². The Morgan fingerprint density at radius 1 is 0.731 bits per heavy atom. The fraction of sp³-hybridized carbons (Fsp3) is 0.909. The van der Waals surface area contributed by atoms with Gasteiger partial charge in [-0.1, -0.05) is 79.1 Å². The van der Waals surface area contributed by atoms with Crippen molar-refractivity contribution in [1.29, 1.82) is 0 Å². The van der Waals surface area contributed by atoms with Crippen molar-refractivity contribution in [2.75, 3.05) is 6.61 Å². The number of carboxylic acid groups (broad SMARTS) is 1. The van der Waals surface area contributed by atoms with Crippen LogP contribution in [0.1, 0.15) is 98.8 Å². The van der Waals surface area contributed by atoms with Gasteiger partial charge >= 0.3 is 11.9 Å². The average molecular weight is 371 g/mol. The predicted molar refractivity (Wildman–Crippen MR) is 107 cm³/mol. The highest BCUT2D eigenvalue weighted by atomic mass is 16.5. The second-order valence-corrected chi connectivity index (χ2v) is 8.61. The molecule has 0 saturated carbocycles. The normalized spacial score (nSPS) is 15.9. The van der Waals surface area contributed by atoms with Gasteiger partial charge < -0.3 is 9.84 Å². The third-order valence-corrected chi connectivity index (χ3v) is 5.28. The summed E-state index contributed by atoms with van der Waals surface area (Å²) in [5.41, 5.74) is 0. The van der Waals surface area contributed by atoms with Gasteiger partial charge in [-0.25, -0.2) is 0 Å². The van der Waals surface area contributed by atoms with Crippen molar-refractivity contribution in [3.63, 3.8) is 0 Å². The summed E-state index contributed by atoms with van der Waals surface area (Å²) in [5.74, 6) is 1.38. The lowest BCUT2D eigenvalue weighted by atomic mass is 9.90. The number of esters is 1. The van der Waals surface area contributed by atoms with E-state index in [2.05, 4.69) is 20.8 Å². The minimum atomic E-state index is -0.680. The molecule has 0 aromatic rings. The Morgan fingerprint density at radius 3 is 1.50 bits per heavy atom. The number of hydrogen-bond donors (Lipinski definition) is 1. The van der Waals surface area contributed by atoms with E-state index in [0.717, 1.165) is 31.1 Å². The van der Waals surface area contributed by atoms with Crippen molar-refractivity contribution < 1.29 is 19.4 Å². The molecule has 0 aromatic heterocycles. The fourth-order valence-corrected chi connectivity index (χ4v) is 3.48. The van der Waals surface area contributed by atoms with Crippen LogP contribution in [0.3, 0.4) is 0 Å².